The topological polar surface area (TPSA) is 105 Å². The number of carbonyl (C=O) groups excluding carboxylic acids is 2. The number of piperidine rings is 1. The molecule has 0 aliphatic carbocycles. The summed E-state index contributed by atoms with van der Waals surface area (Å²) in [5.41, 5.74) is 0.295. The maximum Gasteiger partial charge on any atom is 0.265 e. The summed E-state index contributed by atoms with van der Waals surface area (Å²) in [6, 6.07) is 4.50. The molecule has 9 nitrogen and oxygen atoms in total. The molecule has 0 bridgehead atoms. The molecule has 2 unspecified atom stereocenters. The maximum absolute atomic E-state index is 13.3. The zero-order valence-electron chi connectivity index (χ0n) is 19.9. The number of rotatable bonds is 9. The average Bonchev–Trinajstić information content (AvgIpc) is 2.74. The molecule has 0 radical (unpaired) electrons. The van der Waals surface area contributed by atoms with Gasteiger partial charge < -0.3 is 14.8 Å². The molecule has 3 rings (SSSR count). The van der Waals surface area contributed by atoms with Crippen molar-refractivity contribution in [3.8, 4) is 5.75 Å². The van der Waals surface area contributed by atoms with Gasteiger partial charge in [0.15, 0.2) is 6.61 Å². The molecule has 33 heavy (non-hydrogen) atoms. The molecule has 10 heteroatoms. The second kappa shape index (κ2) is 10.8. The lowest BCUT2D eigenvalue weighted by molar-refractivity contribution is -0.125. The molecular weight excluding hydrogens is 446 g/mol. The van der Waals surface area contributed by atoms with Crippen molar-refractivity contribution in [2.24, 2.45) is 11.8 Å². The molecule has 2 amide bonds. The van der Waals surface area contributed by atoms with Crippen molar-refractivity contribution in [3.63, 3.8) is 0 Å². The Kier molecular flexibility index (Phi) is 8.36. The molecular formula is C23H35N3O6S. The van der Waals surface area contributed by atoms with Crippen LogP contribution in [0, 0.1) is 11.8 Å². The minimum absolute atomic E-state index is 0.0945. The third kappa shape index (κ3) is 6.45. The number of carbonyl (C=O) groups is 2. The first-order chi connectivity index (χ1) is 15.6. The fourth-order valence-corrected chi connectivity index (χ4v) is 5.99. The van der Waals surface area contributed by atoms with Crippen LogP contribution in [0.1, 0.15) is 40.5 Å². The quantitative estimate of drug-likeness (QED) is 0.541. The number of sulfonamides is 1. The molecule has 2 heterocycles. The fraction of sp³-hybridized carbons (Fsp3) is 0.652. The van der Waals surface area contributed by atoms with Crippen LogP contribution in [0.15, 0.2) is 23.1 Å². The summed E-state index contributed by atoms with van der Waals surface area (Å²) in [7, 11) is -3.73. The van der Waals surface area contributed by atoms with E-state index in [-0.39, 0.29) is 41.9 Å². The van der Waals surface area contributed by atoms with Crippen molar-refractivity contribution in [2.75, 3.05) is 44.3 Å². The highest BCUT2D eigenvalue weighted by Gasteiger charge is 2.34. The van der Waals surface area contributed by atoms with Gasteiger partial charge in [0.1, 0.15) is 12.3 Å². The van der Waals surface area contributed by atoms with Crippen LogP contribution >= 0.6 is 0 Å². The highest BCUT2D eigenvalue weighted by atomic mass is 32.2. The summed E-state index contributed by atoms with van der Waals surface area (Å²) in [5, 5.41) is 2.78. The first kappa shape index (κ1) is 25.5. The van der Waals surface area contributed by atoms with Crippen LogP contribution in [0.25, 0.3) is 0 Å². The normalized spacial score (nSPS) is 21.6. The van der Waals surface area contributed by atoms with E-state index in [0.717, 1.165) is 6.42 Å². The Morgan fingerprint density at radius 1 is 1.24 bits per heavy atom. The monoisotopic (exact) mass is 481 g/mol. The van der Waals surface area contributed by atoms with Crippen molar-refractivity contribution >= 4 is 27.5 Å². The van der Waals surface area contributed by atoms with Crippen LogP contribution in [-0.2, 0) is 24.3 Å². The Morgan fingerprint density at radius 2 is 1.94 bits per heavy atom. The van der Waals surface area contributed by atoms with Crippen LogP contribution < -0.4 is 15.0 Å². The molecule has 1 aromatic carbocycles. The van der Waals surface area contributed by atoms with E-state index in [1.807, 2.05) is 27.7 Å². The van der Waals surface area contributed by atoms with Gasteiger partial charge in [-0.3, -0.25) is 14.5 Å². The summed E-state index contributed by atoms with van der Waals surface area (Å²) in [4.78, 5) is 26.4. The first-order valence-corrected chi connectivity index (χ1v) is 13.0. The second-order valence-corrected chi connectivity index (χ2v) is 11.2. The van der Waals surface area contributed by atoms with E-state index in [0.29, 0.717) is 44.1 Å². The molecule has 0 saturated carbocycles. The van der Waals surface area contributed by atoms with Gasteiger partial charge in [0.2, 0.25) is 15.9 Å². The van der Waals surface area contributed by atoms with E-state index in [4.69, 9.17) is 9.47 Å². The van der Waals surface area contributed by atoms with Crippen LogP contribution in [0.4, 0.5) is 5.69 Å². The number of anilines is 1. The van der Waals surface area contributed by atoms with Gasteiger partial charge in [0, 0.05) is 26.2 Å². The van der Waals surface area contributed by atoms with Crippen molar-refractivity contribution < 1.29 is 27.5 Å². The molecule has 184 valence electrons. The van der Waals surface area contributed by atoms with Crippen LogP contribution in [0.3, 0.4) is 0 Å². The Hall–Kier alpha value is -2.17. The molecule has 2 atom stereocenters. The van der Waals surface area contributed by atoms with E-state index in [9.17, 15) is 18.0 Å². The number of nitrogens with zero attached hydrogens (tertiary/aromatic N) is 2. The second-order valence-electron chi connectivity index (χ2n) is 9.29. The van der Waals surface area contributed by atoms with E-state index in [1.165, 1.54) is 21.3 Å². The number of fused-ring (bicyclic) bond motifs is 1. The minimum atomic E-state index is -3.73. The van der Waals surface area contributed by atoms with Gasteiger partial charge in [-0.15, -0.1) is 0 Å². The Bertz CT molecular complexity index is 955. The molecule has 1 saturated heterocycles. The number of nitrogens with one attached hydrogen (secondary N) is 1. The third-order valence-corrected chi connectivity index (χ3v) is 7.57. The smallest absolute Gasteiger partial charge is 0.265 e. The summed E-state index contributed by atoms with van der Waals surface area (Å²) in [6.07, 6.45) is 1.78. The number of benzene rings is 1. The number of amides is 2. The van der Waals surface area contributed by atoms with E-state index >= 15 is 0 Å². The Labute approximate surface area is 196 Å². The van der Waals surface area contributed by atoms with Gasteiger partial charge in [0.25, 0.3) is 5.91 Å². The summed E-state index contributed by atoms with van der Waals surface area (Å²) < 4.78 is 39.1. The molecule has 2 aliphatic heterocycles. The van der Waals surface area contributed by atoms with Gasteiger partial charge in [-0.05, 0) is 56.7 Å². The summed E-state index contributed by atoms with van der Waals surface area (Å²) in [6.45, 7) is 9.47. The molecule has 2 aliphatic rings. The molecule has 1 N–H and O–H groups in total. The fourth-order valence-electron chi connectivity index (χ4n) is 4.29. The van der Waals surface area contributed by atoms with Crippen LogP contribution in [0.2, 0.25) is 0 Å². The first-order valence-electron chi connectivity index (χ1n) is 11.5. The molecule has 0 spiro atoms. The lowest BCUT2D eigenvalue weighted by Gasteiger charge is -2.34. The Morgan fingerprint density at radius 3 is 2.61 bits per heavy atom. The third-order valence-electron chi connectivity index (χ3n) is 5.74. The van der Waals surface area contributed by atoms with Crippen LogP contribution in [-0.4, -0.2) is 70.0 Å². The van der Waals surface area contributed by atoms with Gasteiger partial charge in [-0.25, -0.2) is 8.42 Å². The highest BCUT2D eigenvalue weighted by molar-refractivity contribution is 7.89. The van der Waals surface area contributed by atoms with Gasteiger partial charge in [0.05, 0.1) is 16.7 Å². The molecule has 0 aromatic heterocycles. The number of hydrogen-bond acceptors (Lipinski definition) is 6. The van der Waals surface area contributed by atoms with Crippen molar-refractivity contribution in [3.05, 3.63) is 18.2 Å². The zero-order chi connectivity index (χ0) is 24.2. The standard InChI is InChI=1S/C23H35N3O6S/c1-16(2)31-9-5-8-24-22(27)14-26-20-11-19(6-7-21(20)32-15-23(26)28)33(29,30)25-12-17(3)10-18(4)13-25/h6-7,11,16-18H,5,8-10,12-15H2,1-4H3,(H,24,27). The summed E-state index contributed by atoms with van der Waals surface area (Å²) >= 11 is 0. The van der Waals surface area contributed by atoms with Gasteiger partial charge in [-0.1, -0.05) is 13.8 Å². The molecule has 1 aromatic rings. The zero-order valence-corrected chi connectivity index (χ0v) is 20.7. The largest absolute Gasteiger partial charge is 0.482 e. The van der Waals surface area contributed by atoms with Crippen molar-refractivity contribution in [1.82, 2.24) is 9.62 Å². The lowest BCUT2D eigenvalue weighted by Crippen LogP contribution is -2.45. The number of hydrogen-bond donors (Lipinski definition) is 1. The predicted octanol–water partition coefficient (Wildman–Crippen LogP) is 2.01. The number of ether oxygens (including phenoxy) is 2. The lowest BCUT2D eigenvalue weighted by atomic mass is 9.94. The van der Waals surface area contributed by atoms with Gasteiger partial charge >= 0.3 is 0 Å². The van der Waals surface area contributed by atoms with E-state index in [2.05, 4.69) is 5.32 Å². The predicted molar refractivity (Wildman–Crippen MR) is 125 cm³/mol. The van der Waals surface area contributed by atoms with Crippen molar-refractivity contribution in [2.45, 2.75) is 51.5 Å². The highest BCUT2D eigenvalue weighted by Crippen LogP contribution is 2.36. The average molecular weight is 482 g/mol. The van der Waals surface area contributed by atoms with E-state index in [1.54, 1.807) is 6.07 Å². The van der Waals surface area contributed by atoms with E-state index < -0.39 is 15.9 Å². The SMILES string of the molecule is CC1CC(C)CN(S(=O)(=O)c2ccc3c(c2)N(CC(=O)NCCCOC(C)C)C(=O)CO3)C1. The molecule has 1 fully saturated rings. The summed E-state index contributed by atoms with van der Waals surface area (Å²) in [5.74, 6) is 0.213. The Balaban J connectivity index is 1.73. The maximum atomic E-state index is 13.3. The van der Waals surface area contributed by atoms with Crippen molar-refractivity contribution in [1.29, 1.82) is 0 Å². The minimum Gasteiger partial charge on any atom is -0.482 e. The van der Waals surface area contributed by atoms with Crippen LogP contribution in [0.5, 0.6) is 5.75 Å². The van der Waals surface area contributed by atoms with Gasteiger partial charge in [-0.2, -0.15) is 4.31 Å².